The lowest BCUT2D eigenvalue weighted by Gasteiger charge is -2.19. The van der Waals surface area contributed by atoms with Gasteiger partial charge in [0.1, 0.15) is 0 Å². The predicted octanol–water partition coefficient (Wildman–Crippen LogP) is 5.86. The Morgan fingerprint density at radius 3 is 2.00 bits per heavy atom. The maximum absolute atomic E-state index is 14.0. The number of thiazole rings is 1. The summed E-state index contributed by atoms with van der Waals surface area (Å²) < 4.78 is 4.35. The highest BCUT2D eigenvalue weighted by Crippen LogP contribution is 2.33. The monoisotopic (exact) mass is 536 g/mol. The molecular formula is C34H24N4OS. The molecule has 0 spiro atoms. The molecule has 0 radical (unpaired) electrons. The molecule has 40 heavy (non-hydrogen) atoms. The van der Waals surface area contributed by atoms with Gasteiger partial charge < -0.3 is 0 Å². The molecule has 0 N–H and O–H groups in total. The van der Waals surface area contributed by atoms with Crippen LogP contribution in [0.1, 0.15) is 22.7 Å². The number of allylic oxidation sites excluding steroid dienone is 1. The van der Waals surface area contributed by atoms with E-state index in [0.29, 0.717) is 9.33 Å². The molecule has 1 aliphatic rings. The Bertz CT molecular complexity index is 2010. The normalized spacial score (nSPS) is 14.8. The van der Waals surface area contributed by atoms with Gasteiger partial charge in [-0.05, 0) is 35.4 Å². The molecule has 5 nitrogen and oxygen atoms in total. The van der Waals surface area contributed by atoms with Crippen LogP contribution in [0.15, 0.2) is 143 Å². The Morgan fingerprint density at radius 1 is 0.725 bits per heavy atom. The van der Waals surface area contributed by atoms with Gasteiger partial charge in [0.2, 0.25) is 0 Å². The summed E-state index contributed by atoms with van der Waals surface area (Å²) in [6.45, 7) is 0. The molecule has 6 aromatic rings. The molecule has 0 fully saturated rings. The van der Waals surface area contributed by atoms with E-state index in [1.807, 2.05) is 119 Å². The van der Waals surface area contributed by atoms with Crippen molar-refractivity contribution in [3.8, 4) is 16.9 Å². The molecule has 4 aromatic carbocycles. The van der Waals surface area contributed by atoms with Crippen LogP contribution in [-0.4, -0.2) is 14.3 Å². The third-order valence-electron chi connectivity index (χ3n) is 6.94. The van der Waals surface area contributed by atoms with Crippen molar-refractivity contribution in [3.63, 3.8) is 0 Å². The minimum absolute atomic E-state index is 0.0626. The van der Waals surface area contributed by atoms with Crippen LogP contribution < -0.4 is 14.9 Å². The van der Waals surface area contributed by atoms with Gasteiger partial charge in [0.15, 0.2) is 4.80 Å². The lowest BCUT2D eigenvalue weighted by Crippen LogP contribution is -2.36. The van der Waals surface area contributed by atoms with Crippen molar-refractivity contribution in [1.29, 1.82) is 0 Å². The van der Waals surface area contributed by atoms with Gasteiger partial charge in [-0.3, -0.25) is 9.36 Å². The summed E-state index contributed by atoms with van der Waals surface area (Å²) in [5.41, 5.74) is 6.47. The second kappa shape index (κ2) is 10.2. The average molecular weight is 537 g/mol. The first-order chi connectivity index (χ1) is 19.7. The maximum atomic E-state index is 14.0. The molecule has 7 rings (SSSR count). The van der Waals surface area contributed by atoms with E-state index < -0.39 is 6.04 Å². The van der Waals surface area contributed by atoms with Crippen molar-refractivity contribution < 1.29 is 0 Å². The Hall–Kier alpha value is -5.07. The van der Waals surface area contributed by atoms with E-state index in [4.69, 9.17) is 10.1 Å². The molecule has 0 aliphatic carbocycles. The quantitative estimate of drug-likeness (QED) is 0.277. The topological polar surface area (TPSA) is 52.2 Å². The van der Waals surface area contributed by atoms with Gasteiger partial charge >= 0.3 is 0 Å². The summed E-state index contributed by atoms with van der Waals surface area (Å²) in [5.74, 6) is 0. The molecule has 0 amide bonds. The molecule has 0 saturated heterocycles. The van der Waals surface area contributed by atoms with E-state index in [2.05, 4.69) is 30.3 Å². The smallest absolute Gasteiger partial charge is 0.271 e. The van der Waals surface area contributed by atoms with Crippen molar-refractivity contribution in [1.82, 2.24) is 14.3 Å². The Labute approximate surface area is 235 Å². The van der Waals surface area contributed by atoms with Crippen LogP contribution in [-0.2, 0) is 0 Å². The third-order valence-corrected chi connectivity index (χ3v) is 7.93. The largest absolute Gasteiger partial charge is 0.272 e. The zero-order chi connectivity index (χ0) is 26.9. The summed E-state index contributed by atoms with van der Waals surface area (Å²) in [4.78, 5) is 19.6. The number of benzene rings is 4. The molecule has 1 aliphatic heterocycles. The number of hydrogen-bond donors (Lipinski definition) is 0. The van der Waals surface area contributed by atoms with Crippen LogP contribution in [0.2, 0.25) is 0 Å². The first-order valence-electron chi connectivity index (χ1n) is 13.1. The highest BCUT2D eigenvalue weighted by Gasteiger charge is 2.27. The van der Waals surface area contributed by atoms with Crippen molar-refractivity contribution in [3.05, 3.63) is 170 Å². The van der Waals surface area contributed by atoms with E-state index in [9.17, 15) is 4.79 Å². The van der Waals surface area contributed by atoms with Crippen molar-refractivity contribution in [2.24, 2.45) is 4.99 Å². The number of hydrogen-bond acceptors (Lipinski definition) is 4. The fourth-order valence-electron chi connectivity index (χ4n) is 5.01. The van der Waals surface area contributed by atoms with E-state index in [-0.39, 0.29) is 5.56 Å². The molecule has 192 valence electrons. The van der Waals surface area contributed by atoms with Crippen molar-refractivity contribution in [2.75, 3.05) is 0 Å². The van der Waals surface area contributed by atoms with Crippen LogP contribution in [0.5, 0.6) is 0 Å². The van der Waals surface area contributed by atoms with E-state index in [0.717, 1.165) is 39.3 Å². The van der Waals surface area contributed by atoms with E-state index >= 15 is 0 Å². The number of rotatable bonds is 5. The standard InChI is InChI=1S/C34H24N4OS/c39-33-31(21-24-13-5-1-6-14-24)40-34-35-29(25-15-7-2-8-16-25)22-30(38(33)34)28-23-37(27-19-11-4-12-20-27)36-32(28)26-17-9-3-10-18-26/h1-23,30H/b31-21+. The highest BCUT2D eigenvalue weighted by atomic mass is 32.1. The van der Waals surface area contributed by atoms with Gasteiger partial charge in [-0.25, -0.2) is 9.67 Å². The van der Waals surface area contributed by atoms with Crippen LogP contribution in [0.3, 0.4) is 0 Å². The molecule has 6 heteroatoms. The lowest BCUT2D eigenvalue weighted by atomic mass is 9.99. The highest BCUT2D eigenvalue weighted by molar-refractivity contribution is 7.07. The Morgan fingerprint density at radius 2 is 1.32 bits per heavy atom. The SMILES string of the molecule is O=c1/c(=C\c2ccccc2)sc2n1C(c1cn(-c3ccccc3)nc1-c1ccccc1)C=C(c1ccccc1)N=2. The molecular weight excluding hydrogens is 512 g/mol. The second-order valence-corrected chi connectivity index (χ2v) is 10.5. The fourth-order valence-corrected chi connectivity index (χ4v) is 6.03. The van der Waals surface area contributed by atoms with Crippen LogP contribution >= 0.6 is 11.3 Å². The zero-order valence-electron chi connectivity index (χ0n) is 21.5. The molecule has 0 saturated carbocycles. The number of nitrogens with zero attached hydrogens (tertiary/aromatic N) is 4. The summed E-state index contributed by atoms with van der Waals surface area (Å²) in [6, 6.07) is 39.8. The number of para-hydroxylation sites is 1. The minimum Gasteiger partial charge on any atom is -0.272 e. The van der Waals surface area contributed by atoms with Gasteiger partial charge in [-0.15, -0.1) is 0 Å². The average Bonchev–Trinajstić information content (AvgIpc) is 3.60. The van der Waals surface area contributed by atoms with Gasteiger partial charge in [0.25, 0.3) is 5.56 Å². The fraction of sp³-hybridized carbons (Fsp3) is 0.0294. The molecule has 3 heterocycles. The van der Waals surface area contributed by atoms with Gasteiger partial charge in [-0.1, -0.05) is 121 Å². The predicted molar refractivity (Wildman–Crippen MR) is 161 cm³/mol. The summed E-state index contributed by atoms with van der Waals surface area (Å²) in [5, 5.41) is 5.04. The Kier molecular flexibility index (Phi) is 6.15. The van der Waals surface area contributed by atoms with Gasteiger partial charge in [0.05, 0.1) is 27.7 Å². The Balaban J connectivity index is 1.49. The molecule has 2 aromatic heterocycles. The van der Waals surface area contributed by atoms with Crippen molar-refractivity contribution in [2.45, 2.75) is 6.04 Å². The van der Waals surface area contributed by atoms with Crippen LogP contribution in [0, 0.1) is 0 Å². The zero-order valence-corrected chi connectivity index (χ0v) is 22.3. The maximum Gasteiger partial charge on any atom is 0.271 e. The number of fused-ring (bicyclic) bond motifs is 1. The number of aromatic nitrogens is 3. The van der Waals surface area contributed by atoms with E-state index in [1.54, 1.807) is 0 Å². The van der Waals surface area contributed by atoms with Crippen LogP contribution in [0.4, 0.5) is 0 Å². The molecule has 0 bridgehead atoms. The lowest BCUT2D eigenvalue weighted by molar-refractivity contribution is 0.645. The van der Waals surface area contributed by atoms with E-state index in [1.165, 1.54) is 11.3 Å². The summed E-state index contributed by atoms with van der Waals surface area (Å²) in [6.07, 6.45) is 6.07. The molecule has 1 atom stereocenters. The van der Waals surface area contributed by atoms with Crippen LogP contribution in [0.25, 0.3) is 28.7 Å². The van der Waals surface area contributed by atoms with Gasteiger partial charge in [0, 0.05) is 17.3 Å². The summed E-state index contributed by atoms with van der Waals surface area (Å²) >= 11 is 1.42. The first kappa shape index (κ1) is 24.0. The first-order valence-corrected chi connectivity index (χ1v) is 13.9. The minimum atomic E-state index is -0.392. The van der Waals surface area contributed by atoms with Gasteiger partial charge in [-0.2, -0.15) is 5.10 Å². The van der Waals surface area contributed by atoms with Crippen molar-refractivity contribution >= 4 is 23.1 Å². The summed E-state index contributed by atoms with van der Waals surface area (Å²) in [7, 11) is 0. The molecule has 1 unspecified atom stereocenters. The third kappa shape index (κ3) is 4.44. The second-order valence-electron chi connectivity index (χ2n) is 9.53.